The first-order valence-corrected chi connectivity index (χ1v) is 4.48. The van der Waals surface area contributed by atoms with E-state index < -0.39 is 4.92 Å². The van der Waals surface area contributed by atoms with Crippen LogP contribution in [0.5, 0.6) is 5.75 Å². The molecule has 0 aliphatic rings. The van der Waals surface area contributed by atoms with Gasteiger partial charge in [0, 0.05) is 6.07 Å². The van der Waals surface area contributed by atoms with Gasteiger partial charge in [0.1, 0.15) is 0 Å². The summed E-state index contributed by atoms with van der Waals surface area (Å²) in [6, 6.07) is 6.26. The van der Waals surface area contributed by atoms with Crippen LogP contribution in [-0.4, -0.2) is 12.0 Å². The molecule has 1 aromatic heterocycles. The fraction of sp³-hybridized carbons (Fsp3) is 0.100. The smallest absolute Gasteiger partial charge is 0.334 e. The molecular formula is C10H8N2O4. The van der Waals surface area contributed by atoms with Crippen molar-refractivity contribution in [3.8, 4) is 5.75 Å². The van der Waals surface area contributed by atoms with Crippen LogP contribution in [0.4, 0.5) is 5.69 Å². The van der Waals surface area contributed by atoms with Crippen LogP contribution >= 0.6 is 0 Å². The maximum atomic E-state index is 11.6. The summed E-state index contributed by atoms with van der Waals surface area (Å²) in [7, 11) is 1.44. The first-order chi connectivity index (χ1) is 7.63. The Morgan fingerprint density at radius 2 is 2.19 bits per heavy atom. The molecule has 1 heterocycles. The van der Waals surface area contributed by atoms with Crippen LogP contribution in [-0.2, 0) is 0 Å². The molecule has 16 heavy (non-hydrogen) atoms. The van der Waals surface area contributed by atoms with Gasteiger partial charge >= 0.3 is 5.69 Å². The zero-order valence-corrected chi connectivity index (χ0v) is 8.41. The third kappa shape index (κ3) is 1.50. The SMILES string of the molecule is COc1cccc2cc([N+](=O)[O-])c[n+]([O-])c12. The number of methoxy groups -OCH3 is 1. The average molecular weight is 220 g/mol. The lowest BCUT2D eigenvalue weighted by Crippen LogP contribution is -2.27. The van der Waals surface area contributed by atoms with Gasteiger partial charge in [0.25, 0.3) is 11.7 Å². The molecule has 0 saturated heterocycles. The number of hydrogen-bond acceptors (Lipinski definition) is 4. The van der Waals surface area contributed by atoms with Gasteiger partial charge in [0.15, 0.2) is 5.75 Å². The number of nitro groups is 1. The van der Waals surface area contributed by atoms with Crippen LogP contribution in [0.2, 0.25) is 0 Å². The van der Waals surface area contributed by atoms with E-state index in [1.165, 1.54) is 13.2 Å². The minimum Gasteiger partial charge on any atom is -0.618 e. The van der Waals surface area contributed by atoms with E-state index in [0.717, 1.165) is 6.20 Å². The molecule has 2 aromatic rings. The van der Waals surface area contributed by atoms with Crippen molar-refractivity contribution < 1.29 is 14.4 Å². The van der Waals surface area contributed by atoms with Crippen molar-refractivity contribution in [1.82, 2.24) is 0 Å². The molecule has 0 fully saturated rings. The van der Waals surface area contributed by atoms with Gasteiger partial charge in [0.2, 0.25) is 0 Å². The standard InChI is InChI=1S/C10H8N2O4/c1-16-9-4-2-3-7-5-8(12(14)15)6-11(13)10(7)9/h2-6H,1H3. The van der Waals surface area contributed by atoms with Crippen molar-refractivity contribution in [2.24, 2.45) is 0 Å². The third-order valence-electron chi connectivity index (χ3n) is 2.23. The summed E-state index contributed by atoms with van der Waals surface area (Å²) in [5, 5.41) is 22.7. The molecule has 0 bridgehead atoms. The Kier molecular flexibility index (Phi) is 2.32. The zero-order chi connectivity index (χ0) is 11.7. The average Bonchev–Trinajstić information content (AvgIpc) is 2.27. The number of hydrogen-bond donors (Lipinski definition) is 0. The molecule has 0 aliphatic carbocycles. The number of aromatic nitrogens is 1. The highest BCUT2D eigenvalue weighted by molar-refractivity contribution is 5.83. The number of benzene rings is 1. The first-order valence-electron chi connectivity index (χ1n) is 4.48. The van der Waals surface area contributed by atoms with E-state index in [4.69, 9.17) is 4.74 Å². The van der Waals surface area contributed by atoms with E-state index in [2.05, 4.69) is 0 Å². The van der Waals surface area contributed by atoms with Gasteiger partial charge in [-0.25, -0.2) is 0 Å². The summed E-state index contributed by atoms with van der Waals surface area (Å²) in [5.41, 5.74) is 0.0475. The van der Waals surface area contributed by atoms with Gasteiger partial charge in [-0.3, -0.25) is 10.1 Å². The molecule has 0 atom stereocenters. The summed E-state index contributed by atoms with van der Waals surface area (Å²) in [6.07, 6.45) is 0.921. The normalized spacial score (nSPS) is 10.3. The van der Waals surface area contributed by atoms with Crippen molar-refractivity contribution in [3.05, 3.63) is 45.8 Å². The van der Waals surface area contributed by atoms with Crippen LogP contribution in [0.15, 0.2) is 30.5 Å². The zero-order valence-electron chi connectivity index (χ0n) is 8.41. The van der Waals surface area contributed by atoms with Crippen LogP contribution in [0.25, 0.3) is 10.9 Å². The molecule has 0 saturated carbocycles. The summed E-state index contributed by atoms with van der Waals surface area (Å²) >= 11 is 0. The molecule has 6 nitrogen and oxygen atoms in total. The molecule has 0 aliphatic heterocycles. The molecule has 0 spiro atoms. The molecular weight excluding hydrogens is 212 g/mol. The van der Waals surface area contributed by atoms with Gasteiger partial charge in [-0.1, -0.05) is 6.07 Å². The van der Waals surface area contributed by atoms with E-state index in [1.54, 1.807) is 18.2 Å². The van der Waals surface area contributed by atoms with Crippen LogP contribution in [0.1, 0.15) is 0 Å². The molecule has 0 amide bonds. The second-order valence-electron chi connectivity index (χ2n) is 3.18. The molecule has 0 N–H and O–H groups in total. The number of ether oxygens (including phenoxy) is 1. The van der Waals surface area contributed by atoms with Crippen molar-refractivity contribution in [2.75, 3.05) is 7.11 Å². The van der Waals surface area contributed by atoms with Gasteiger partial charge in [0.05, 0.1) is 17.4 Å². The highest BCUT2D eigenvalue weighted by Crippen LogP contribution is 2.24. The van der Waals surface area contributed by atoms with Gasteiger partial charge in [-0.15, -0.1) is 0 Å². The molecule has 0 unspecified atom stereocenters. The number of para-hydroxylation sites is 1. The maximum Gasteiger partial charge on any atom is 0.334 e. The van der Waals surface area contributed by atoms with Crippen molar-refractivity contribution in [3.63, 3.8) is 0 Å². The maximum absolute atomic E-state index is 11.6. The predicted octanol–water partition coefficient (Wildman–Crippen LogP) is 1.39. The fourth-order valence-electron chi connectivity index (χ4n) is 1.54. The minimum atomic E-state index is -0.604. The Bertz CT molecular complexity index is 568. The summed E-state index contributed by atoms with van der Waals surface area (Å²) in [4.78, 5) is 9.97. The van der Waals surface area contributed by atoms with Gasteiger partial charge < -0.3 is 9.94 Å². The topological polar surface area (TPSA) is 79.3 Å². The molecule has 0 radical (unpaired) electrons. The van der Waals surface area contributed by atoms with Crippen LogP contribution in [0.3, 0.4) is 0 Å². The quantitative estimate of drug-likeness (QED) is 0.331. The summed E-state index contributed by atoms with van der Waals surface area (Å²) < 4.78 is 5.47. The molecule has 1 aromatic carbocycles. The van der Waals surface area contributed by atoms with Crippen LogP contribution in [0, 0.1) is 15.3 Å². The number of nitrogens with zero attached hydrogens (tertiary/aromatic N) is 2. The highest BCUT2D eigenvalue weighted by atomic mass is 16.6. The summed E-state index contributed by atoms with van der Waals surface area (Å²) in [6.45, 7) is 0. The second kappa shape index (κ2) is 3.65. The van der Waals surface area contributed by atoms with Crippen molar-refractivity contribution in [1.29, 1.82) is 0 Å². The second-order valence-corrected chi connectivity index (χ2v) is 3.18. The first kappa shape index (κ1) is 10.2. The Morgan fingerprint density at radius 3 is 2.81 bits per heavy atom. The van der Waals surface area contributed by atoms with E-state index in [0.29, 0.717) is 15.9 Å². The highest BCUT2D eigenvalue weighted by Gasteiger charge is 2.17. The fourth-order valence-corrected chi connectivity index (χ4v) is 1.54. The third-order valence-corrected chi connectivity index (χ3v) is 2.23. The Labute approximate surface area is 90.4 Å². The lowest BCUT2D eigenvalue weighted by Gasteiger charge is -2.05. The number of fused-ring (bicyclic) bond motifs is 1. The number of pyridine rings is 1. The van der Waals surface area contributed by atoms with Crippen molar-refractivity contribution >= 4 is 16.6 Å². The number of rotatable bonds is 2. The van der Waals surface area contributed by atoms with Crippen molar-refractivity contribution in [2.45, 2.75) is 0 Å². The minimum absolute atomic E-state index is 0.240. The monoisotopic (exact) mass is 220 g/mol. The molecule has 6 heteroatoms. The predicted molar refractivity (Wildman–Crippen MR) is 56.1 cm³/mol. The Morgan fingerprint density at radius 1 is 1.44 bits per heavy atom. The molecule has 82 valence electrons. The summed E-state index contributed by atoms with van der Waals surface area (Å²) in [5.74, 6) is 0.391. The Hall–Kier alpha value is -2.37. The molecule has 2 rings (SSSR count). The van der Waals surface area contributed by atoms with Gasteiger partial charge in [-0.2, -0.15) is 4.73 Å². The van der Waals surface area contributed by atoms with E-state index >= 15 is 0 Å². The van der Waals surface area contributed by atoms with E-state index in [-0.39, 0.29) is 11.2 Å². The lowest BCUT2D eigenvalue weighted by atomic mass is 10.2. The van der Waals surface area contributed by atoms with Crippen LogP contribution < -0.4 is 9.47 Å². The van der Waals surface area contributed by atoms with Gasteiger partial charge in [-0.05, 0) is 12.1 Å². The lowest BCUT2D eigenvalue weighted by molar-refractivity contribution is -0.582. The van der Waals surface area contributed by atoms with E-state index in [9.17, 15) is 15.3 Å². The Balaban J connectivity index is 2.80. The van der Waals surface area contributed by atoms with E-state index in [1.807, 2.05) is 0 Å². The largest absolute Gasteiger partial charge is 0.618 e.